The van der Waals surface area contributed by atoms with Crippen molar-refractivity contribution < 1.29 is 0 Å². The molecule has 1 fully saturated rings. The lowest BCUT2D eigenvalue weighted by atomic mass is 10.3. The largest absolute Gasteiger partial charge is 0.383 e. The van der Waals surface area contributed by atoms with Crippen molar-refractivity contribution in [3.05, 3.63) is 6.07 Å². The van der Waals surface area contributed by atoms with Gasteiger partial charge in [0.1, 0.15) is 10.8 Å². The smallest absolute Gasteiger partial charge is 0.139 e. The summed E-state index contributed by atoms with van der Waals surface area (Å²) in [5.41, 5.74) is 5.62. The maximum absolute atomic E-state index is 5.62. The van der Waals surface area contributed by atoms with E-state index in [0.717, 1.165) is 13.1 Å². The molecule has 2 rings (SSSR count). The van der Waals surface area contributed by atoms with Crippen LogP contribution in [0.1, 0.15) is 13.8 Å². The van der Waals surface area contributed by atoms with Gasteiger partial charge in [-0.25, -0.2) is 0 Å². The maximum Gasteiger partial charge on any atom is 0.139 e. The fraction of sp³-hybridized carbons (Fsp3) is 0.667. The Labute approximate surface area is 92.8 Å². The molecule has 1 aromatic rings. The molecule has 1 aromatic heterocycles. The highest BCUT2D eigenvalue weighted by Gasteiger charge is 2.23. The van der Waals surface area contributed by atoms with E-state index in [1.807, 2.05) is 6.07 Å². The van der Waals surface area contributed by atoms with E-state index in [4.69, 9.17) is 5.73 Å². The van der Waals surface area contributed by atoms with E-state index in [-0.39, 0.29) is 0 Å². The lowest BCUT2D eigenvalue weighted by molar-refractivity contribution is 0.734. The van der Waals surface area contributed by atoms with Crippen LogP contribution in [0.25, 0.3) is 0 Å². The standard InChI is InChI=1S/C9H15N3S2/c1-6-4-12(5-7(2)13-6)9-3-8(10)11-14-9/h3,6-7H,4-5H2,1-2H3,(H2,10,11). The minimum atomic E-state index is 0.642. The Morgan fingerprint density at radius 2 is 2.07 bits per heavy atom. The number of thioether (sulfide) groups is 1. The molecule has 3 nitrogen and oxygen atoms in total. The van der Waals surface area contributed by atoms with Crippen LogP contribution in [0.5, 0.6) is 0 Å². The molecule has 0 saturated carbocycles. The summed E-state index contributed by atoms with van der Waals surface area (Å²) in [6, 6.07) is 1.97. The SMILES string of the molecule is CC1CN(c2cc(N)ns2)CC(C)S1. The molecule has 14 heavy (non-hydrogen) atoms. The van der Waals surface area contributed by atoms with Gasteiger partial charge in [-0.3, -0.25) is 0 Å². The van der Waals surface area contributed by atoms with Crippen molar-refractivity contribution in [1.29, 1.82) is 0 Å². The molecule has 0 amide bonds. The number of anilines is 2. The molecule has 1 saturated heterocycles. The van der Waals surface area contributed by atoms with E-state index in [1.54, 1.807) is 0 Å². The van der Waals surface area contributed by atoms with Crippen molar-refractivity contribution in [1.82, 2.24) is 4.37 Å². The van der Waals surface area contributed by atoms with E-state index < -0.39 is 0 Å². The monoisotopic (exact) mass is 229 g/mol. The molecule has 2 atom stereocenters. The first-order valence-electron chi connectivity index (χ1n) is 4.77. The van der Waals surface area contributed by atoms with Crippen LogP contribution in [-0.2, 0) is 0 Å². The van der Waals surface area contributed by atoms with Crippen molar-refractivity contribution >= 4 is 34.1 Å². The zero-order valence-electron chi connectivity index (χ0n) is 8.43. The third kappa shape index (κ3) is 2.15. The molecule has 78 valence electrons. The highest BCUT2D eigenvalue weighted by molar-refractivity contribution is 8.00. The predicted molar refractivity (Wildman–Crippen MR) is 65.3 cm³/mol. The third-order valence-corrected chi connectivity index (χ3v) is 4.34. The summed E-state index contributed by atoms with van der Waals surface area (Å²) in [7, 11) is 0. The van der Waals surface area contributed by atoms with E-state index >= 15 is 0 Å². The average Bonchev–Trinajstić information content (AvgIpc) is 2.50. The minimum absolute atomic E-state index is 0.642. The number of hydrogen-bond donors (Lipinski definition) is 1. The number of aromatic nitrogens is 1. The van der Waals surface area contributed by atoms with Crippen LogP contribution in [0.2, 0.25) is 0 Å². The van der Waals surface area contributed by atoms with E-state index in [0.29, 0.717) is 16.3 Å². The van der Waals surface area contributed by atoms with Crippen LogP contribution in [0.15, 0.2) is 6.07 Å². The summed E-state index contributed by atoms with van der Waals surface area (Å²) in [4.78, 5) is 2.39. The molecular formula is C9H15N3S2. The number of nitrogens with zero attached hydrogens (tertiary/aromatic N) is 2. The van der Waals surface area contributed by atoms with Gasteiger partial charge in [0, 0.05) is 29.7 Å². The van der Waals surface area contributed by atoms with E-state index in [9.17, 15) is 0 Å². The van der Waals surface area contributed by atoms with Crippen molar-refractivity contribution in [2.24, 2.45) is 0 Å². The second-order valence-corrected chi connectivity index (χ2v) is 6.42. The Balaban J connectivity index is 2.10. The van der Waals surface area contributed by atoms with Gasteiger partial charge in [0.25, 0.3) is 0 Å². The summed E-state index contributed by atoms with van der Waals surface area (Å²) in [5.74, 6) is 0.642. The first-order valence-corrected chi connectivity index (χ1v) is 6.49. The zero-order valence-corrected chi connectivity index (χ0v) is 10.1. The normalized spacial score (nSPS) is 28.0. The van der Waals surface area contributed by atoms with Crippen LogP contribution in [0.4, 0.5) is 10.8 Å². The predicted octanol–water partition coefficient (Wildman–Crippen LogP) is 2.06. The Hall–Kier alpha value is -0.420. The van der Waals surface area contributed by atoms with Gasteiger partial charge in [-0.15, -0.1) is 0 Å². The molecule has 1 aliphatic heterocycles. The summed E-state index contributed by atoms with van der Waals surface area (Å²) in [6.45, 7) is 6.77. The molecule has 0 aromatic carbocycles. The van der Waals surface area contributed by atoms with Crippen molar-refractivity contribution in [2.45, 2.75) is 24.3 Å². The molecule has 1 aliphatic rings. The minimum Gasteiger partial charge on any atom is -0.383 e. The summed E-state index contributed by atoms with van der Waals surface area (Å²) >= 11 is 3.56. The molecule has 0 bridgehead atoms. The van der Waals surface area contributed by atoms with Crippen LogP contribution in [0.3, 0.4) is 0 Å². The molecule has 2 N–H and O–H groups in total. The number of nitrogens with two attached hydrogens (primary N) is 1. The van der Waals surface area contributed by atoms with Crippen molar-refractivity contribution in [2.75, 3.05) is 23.7 Å². The van der Waals surface area contributed by atoms with Crippen molar-refractivity contribution in [3.63, 3.8) is 0 Å². The molecule has 5 heteroatoms. The van der Waals surface area contributed by atoms with Crippen LogP contribution in [-0.4, -0.2) is 28.0 Å². The zero-order chi connectivity index (χ0) is 10.1. The second-order valence-electron chi connectivity index (χ2n) is 3.75. The van der Waals surface area contributed by atoms with E-state index in [1.165, 1.54) is 16.5 Å². The topological polar surface area (TPSA) is 42.1 Å². The lowest BCUT2D eigenvalue weighted by Crippen LogP contribution is -2.39. The van der Waals surface area contributed by atoms with E-state index in [2.05, 4.69) is 34.9 Å². The van der Waals surface area contributed by atoms with Gasteiger partial charge >= 0.3 is 0 Å². The molecule has 0 aliphatic carbocycles. The number of hydrogen-bond acceptors (Lipinski definition) is 5. The molecular weight excluding hydrogens is 214 g/mol. The lowest BCUT2D eigenvalue weighted by Gasteiger charge is -2.34. The van der Waals surface area contributed by atoms with Gasteiger partial charge in [-0.05, 0) is 11.5 Å². The number of nitrogen functional groups attached to an aromatic ring is 1. The highest BCUT2D eigenvalue weighted by atomic mass is 32.2. The fourth-order valence-electron chi connectivity index (χ4n) is 1.79. The van der Waals surface area contributed by atoms with Gasteiger partial charge < -0.3 is 10.6 Å². The average molecular weight is 229 g/mol. The quantitative estimate of drug-likeness (QED) is 0.800. The second kappa shape index (κ2) is 3.98. The fourth-order valence-corrected chi connectivity index (χ4v) is 3.80. The Kier molecular flexibility index (Phi) is 2.88. The maximum atomic E-state index is 5.62. The van der Waals surface area contributed by atoms with Gasteiger partial charge in [0.2, 0.25) is 0 Å². The molecule has 2 unspecified atom stereocenters. The summed E-state index contributed by atoms with van der Waals surface area (Å²) in [6.07, 6.45) is 0. The number of rotatable bonds is 1. The molecule has 2 heterocycles. The first-order chi connectivity index (χ1) is 6.65. The van der Waals surface area contributed by atoms with Gasteiger partial charge in [-0.2, -0.15) is 16.1 Å². The van der Waals surface area contributed by atoms with Gasteiger partial charge in [0.15, 0.2) is 0 Å². The van der Waals surface area contributed by atoms with Crippen LogP contribution in [0, 0.1) is 0 Å². The summed E-state index contributed by atoms with van der Waals surface area (Å²) < 4.78 is 4.11. The van der Waals surface area contributed by atoms with Gasteiger partial charge in [0.05, 0.1) is 0 Å². The molecule has 0 radical (unpaired) electrons. The highest BCUT2D eigenvalue weighted by Crippen LogP contribution is 2.31. The third-order valence-electron chi connectivity index (χ3n) is 2.25. The van der Waals surface area contributed by atoms with Crippen LogP contribution < -0.4 is 10.6 Å². The van der Waals surface area contributed by atoms with Crippen molar-refractivity contribution in [3.8, 4) is 0 Å². The summed E-state index contributed by atoms with van der Waals surface area (Å²) in [5, 5.41) is 2.60. The Morgan fingerprint density at radius 1 is 1.43 bits per heavy atom. The van der Waals surface area contributed by atoms with Gasteiger partial charge in [-0.1, -0.05) is 13.8 Å². The Bertz CT molecular complexity index is 303. The molecule has 0 spiro atoms. The van der Waals surface area contributed by atoms with Crippen LogP contribution >= 0.6 is 23.3 Å². The Morgan fingerprint density at radius 3 is 2.57 bits per heavy atom. The first kappa shape index (κ1) is 10.1.